The summed E-state index contributed by atoms with van der Waals surface area (Å²) in [6.45, 7) is 6.91. The van der Waals surface area contributed by atoms with Gasteiger partial charge in [-0.15, -0.1) is 0 Å². The minimum absolute atomic E-state index is 0.0367. The van der Waals surface area contributed by atoms with Crippen molar-refractivity contribution >= 4 is 15.9 Å². The molecule has 0 atom stereocenters. The van der Waals surface area contributed by atoms with Crippen molar-refractivity contribution in [3.63, 3.8) is 0 Å². The summed E-state index contributed by atoms with van der Waals surface area (Å²) in [6, 6.07) is 0. The van der Waals surface area contributed by atoms with Gasteiger partial charge in [-0.3, -0.25) is 0 Å². The zero-order chi connectivity index (χ0) is 15.6. The Bertz CT molecular complexity index is 434. The van der Waals surface area contributed by atoms with Crippen LogP contribution in [-0.2, 0) is 14.6 Å². The molecule has 0 N–H and O–H groups in total. The van der Waals surface area contributed by atoms with Crippen LogP contribution in [0.1, 0.15) is 20.8 Å². The number of carbonyl (C=O) groups excluding carboxylic acids is 1. The molecule has 7 heteroatoms. The molecule has 0 aliphatic carbocycles. The van der Waals surface area contributed by atoms with Crippen molar-refractivity contribution in [3.05, 3.63) is 0 Å². The van der Waals surface area contributed by atoms with Gasteiger partial charge < -0.3 is 14.5 Å². The van der Waals surface area contributed by atoms with Crippen molar-refractivity contribution in [1.29, 1.82) is 0 Å². The minimum Gasteiger partial charge on any atom is -0.444 e. The third kappa shape index (κ3) is 6.09. The van der Waals surface area contributed by atoms with Gasteiger partial charge in [0.25, 0.3) is 0 Å². The summed E-state index contributed by atoms with van der Waals surface area (Å²) in [5, 5.41) is 0. The first-order chi connectivity index (χ1) is 8.98. The van der Waals surface area contributed by atoms with Crippen LogP contribution >= 0.6 is 0 Å². The van der Waals surface area contributed by atoms with E-state index in [-0.39, 0.29) is 23.5 Å². The Morgan fingerprint density at radius 2 is 1.85 bits per heavy atom. The maximum atomic E-state index is 11.9. The molecule has 0 spiro atoms. The molecule has 1 fully saturated rings. The van der Waals surface area contributed by atoms with E-state index in [1.54, 1.807) is 4.90 Å². The monoisotopic (exact) mass is 306 g/mol. The van der Waals surface area contributed by atoms with Crippen molar-refractivity contribution in [1.82, 2.24) is 9.80 Å². The molecule has 118 valence electrons. The predicted molar refractivity (Wildman–Crippen MR) is 78.5 cm³/mol. The third-order valence-electron chi connectivity index (χ3n) is 2.95. The van der Waals surface area contributed by atoms with E-state index in [2.05, 4.69) is 0 Å². The van der Waals surface area contributed by atoms with Gasteiger partial charge in [-0.05, 0) is 34.9 Å². The molecule has 1 rings (SSSR count). The molecule has 0 aromatic carbocycles. The van der Waals surface area contributed by atoms with E-state index in [4.69, 9.17) is 4.74 Å². The quantitative estimate of drug-likeness (QED) is 0.752. The van der Waals surface area contributed by atoms with Gasteiger partial charge in [0.2, 0.25) is 0 Å². The molecule has 1 aliphatic rings. The Morgan fingerprint density at radius 1 is 1.30 bits per heavy atom. The van der Waals surface area contributed by atoms with Gasteiger partial charge in [0, 0.05) is 25.6 Å². The summed E-state index contributed by atoms with van der Waals surface area (Å²) in [5.74, 6) is 0.359. The van der Waals surface area contributed by atoms with E-state index in [0.29, 0.717) is 19.6 Å². The van der Waals surface area contributed by atoms with E-state index in [0.717, 1.165) is 0 Å². The highest BCUT2D eigenvalue weighted by molar-refractivity contribution is 7.91. The highest BCUT2D eigenvalue weighted by Gasteiger charge is 2.36. The molecule has 6 nitrogen and oxygen atoms in total. The van der Waals surface area contributed by atoms with Crippen LogP contribution in [0.3, 0.4) is 0 Å². The number of amides is 1. The highest BCUT2D eigenvalue weighted by Crippen LogP contribution is 2.21. The van der Waals surface area contributed by atoms with E-state index < -0.39 is 15.4 Å². The third-order valence-corrected chi connectivity index (χ3v) is 4.73. The van der Waals surface area contributed by atoms with E-state index >= 15 is 0 Å². The van der Waals surface area contributed by atoms with Crippen molar-refractivity contribution in [2.24, 2.45) is 5.92 Å². The Hall–Kier alpha value is -0.820. The van der Waals surface area contributed by atoms with Gasteiger partial charge in [0.05, 0.1) is 11.5 Å². The fourth-order valence-electron chi connectivity index (χ4n) is 1.91. The molecule has 0 bridgehead atoms. The van der Waals surface area contributed by atoms with Crippen LogP contribution in [0.5, 0.6) is 0 Å². The smallest absolute Gasteiger partial charge is 0.410 e. The first-order valence-electron chi connectivity index (χ1n) is 6.81. The van der Waals surface area contributed by atoms with Crippen molar-refractivity contribution < 1.29 is 17.9 Å². The van der Waals surface area contributed by atoms with Crippen LogP contribution in [0, 0.1) is 5.92 Å². The van der Waals surface area contributed by atoms with E-state index in [1.807, 2.05) is 39.8 Å². The van der Waals surface area contributed by atoms with Crippen molar-refractivity contribution in [2.45, 2.75) is 26.4 Å². The summed E-state index contributed by atoms with van der Waals surface area (Å²) in [7, 11) is 0.659. The normalized spacial score (nSPS) is 17.2. The number of carbonyl (C=O) groups is 1. The molecule has 0 aromatic rings. The zero-order valence-electron chi connectivity index (χ0n) is 13.0. The van der Waals surface area contributed by atoms with Crippen LogP contribution in [0.2, 0.25) is 0 Å². The van der Waals surface area contributed by atoms with Crippen molar-refractivity contribution in [3.8, 4) is 0 Å². The summed E-state index contributed by atoms with van der Waals surface area (Å²) in [5.41, 5.74) is -0.514. The van der Waals surface area contributed by atoms with Gasteiger partial charge in [0.1, 0.15) is 5.60 Å². The lowest BCUT2D eigenvalue weighted by Gasteiger charge is -2.39. The molecule has 20 heavy (non-hydrogen) atoms. The average molecular weight is 306 g/mol. The lowest BCUT2D eigenvalue weighted by molar-refractivity contribution is 0.00191. The van der Waals surface area contributed by atoms with Gasteiger partial charge in [-0.2, -0.15) is 0 Å². The van der Waals surface area contributed by atoms with Crippen LogP contribution in [0.15, 0.2) is 0 Å². The first-order valence-corrected chi connectivity index (χ1v) is 8.64. The van der Waals surface area contributed by atoms with E-state index in [9.17, 15) is 13.2 Å². The Balaban J connectivity index is 2.33. The van der Waals surface area contributed by atoms with Gasteiger partial charge in [-0.25, -0.2) is 13.2 Å². The molecule has 0 unspecified atom stereocenters. The number of ether oxygens (including phenoxy) is 1. The summed E-state index contributed by atoms with van der Waals surface area (Å²) in [6.07, 6.45) is -0.362. The SMILES string of the molecule is CN(C)CCS(=O)(=O)CC1CN(C(=O)OC(C)(C)C)C1. The van der Waals surface area contributed by atoms with Crippen LogP contribution in [-0.4, -0.2) is 75.1 Å². The fourth-order valence-corrected chi connectivity index (χ4v) is 3.65. The summed E-state index contributed by atoms with van der Waals surface area (Å²) < 4.78 is 29.0. The molecule has 0 aromatic heterocycles. The number of hydrogen-bond acceptors (Lipinski definition) is 5. The van der Waals surface area contributed by atoms with E-state index in [1.165, 1.54) is 0 Å². The second kappa shape index (κ2) is 6.30. The second-order valence-corrected chi connectivity index (χ2v) is 8.90. The molecule has 1 amide bonds. The van der Waals surface area contributed by atoms with Gasteiger partial charge in [0.15, 0.2) is 9.84 Å². The number of likely N-dealkylation sites (tertiary alicyclic amines) is 1. The fraction of sp³-hybridized carbons (Fsp3) is 0.923. The summed E-state index contributed by atoms with van der Waals surface area (Å²) in [4.78, 5) is 15.1. The number of nitrogens with zero attached hydrogens (tertiary/aromatic N) is 2. The standard InChI is InChI=1S/C13H26N2O4S/c1-13(2,3)19-12(16)15-8-11(9-15)10-20(17,18)7-6-14(4)5/h11H,6-10H2,1-5H3. The van der Waals surface area contributed by atoms with Gasteiger partial charge >= 0.3 is 6.09 Å². The highest BCUT2D eigenvalue weighted by atomic mass is 32.2. The average Bonchev–Trinajstić information content (AvgIpc) is 2.17. The molecule has 1 aliphatic heterocycles. The molecule has 1 saturated heterocycles. The number of sulfone groups is 1. The number of hydrogen-bond donors (Lipinski definition) is 0. The lowest BCUT2D eigenvalue weighted by atomic mass is 10.0. The lowest BCUT2D eigenvalue weighted by Crippen LogP contribution is -2.53. The van der Waals surface area contributed by atoms with Crippen LogP contribution in [0.4, 0.5) is 4.79 Å². The number of rotatable bonds is 5. The van der Waals surface area contributed by atoms with Gasteiger partial charge in [-0.1, -0.05) is 0 Å². The summed E-state index contributed by atoms with van der Waals surface area (Å²) >= 11 is 0. The topological polar surface area (TPSA) is 66.9 Å². The molecular formula is C13H26N2O4S. The predicted octanol–water partition coefficient (Wildman–Crippen LogP) is 0.830. The Kier molecular flexibility index (Phi) is 5.43. The Labute approximate surface area is 122 Å². The molecule has 0 saturated carbocycles. The maximum absolute atomic E-state index is 11.9. The Morgan fingerprint density at radius 3 is 2.30 bits per heavy atom. The van der Waals surface area contributed by atoms with Crippen LogP contribution < -0.4 is 0 Å². The molecule has 0 radical (unpaired) electrons. The van der Waals surface area contributed by atoms with Crippen LogP contribution in [0.25, 0.3) is 0 Å². The first kappa shape index (κ1) is 17.2. The molecular weight excluding hydrogens is 280 g/mol. The van der Waals surface area contributed by atoms with Crippen molar-refractivity contribution in [2.75, 3.05) is 45.2 Å². The zero-order valence-corrected chi connectivity index (χ0v) is 13.9. The second-order valence-electron chi connectivity index (χ2n) is 6.67. The minimum atomic E-state index is -3.04. The largest absolute Gasteiger partial charge is 0.444 e. The maximum Gasteiger partial charge on any atom is 0.410 e. The molecule has 1 heterocycles.